The molecule has 0 saturated carbocycles. The number of nitrogens with zero attached hydrogens (tertiary/aromatic N) is 3. The minimum atomic E-state index is -4.40. The minimum absolute atomic E-state index is 0.122. The number of anilines is 1. The molecule has 0 aliphatic carbocycles. The second-order valence-corrected chi connectivity index (χ2v) is 6.20. The Morgan fingerprint density at radius 2 is 1.62 bits per heavy atom. The Hall–Kier alpha value is -1.41. The number of halogens is 3. The molecule has 3 aliphatic heterocycles. The number of hydrogen-bond donors (Lipinski definition) is 0. The first-order valence-corrected chi connectivity index (χ1v) is 6.75. The largest absolute Gasteiger partial charge is 0.418 e. The van der Waals surface area contributed by atoms with Crippen LogP contribution in [0.4, 0.5) is 19.0 Å². The van der Waals surface area contributed by atoms with Gasteiger partial charge in [0, 0.05) is 23.9 Å². The summed E-state index contributed by atoms with van der Waals surface area (Å²) in [4.78, 5) is 1.88. The van der Waals surface area contributed by atoms with Crippen LogP contribution in [0.3, 0.4) is 0 Å². The number of hydrogen-bond acceptors (Lipinski definition) is 5. The Balaban J connectivity index is 1.65. The quantitative estimate of drug-likeness (QED) is 0.783. The molecule has 114 valence electrons. The molecule has 4 heterocycles. The van der Waals surface area contributed by atoms with E-state index in [0.29, 0.717) is 39.5 Å². The van der Waals surface area contributed by atoms with Crippen LogP contribution in [0.1, 0.15) is 5.56 Å². The van der Waals surface area contributed by atoms with Crippen LogP contribution >= 0.6 is 0 Å². The Morgan fingerprint density at radius 1 is 1.05 bits per heavy atom. The monoisotopic (exact) mass is 301 g/mol. The summed E-state index contributed by atoms with van der Waals surface area (Å²) in [5.74, 6) is 0.278. The van der Waals surface area contributed by atoms with Crippen LogP contribution in [0.25, 0.3) is 0 Å². The molecule has 3 fully saturated rings. The topological polar surface area (TPSA) is 47.5 Å². The van der Waals surface area contributed by atoms with Gasteiger partial charge in [-0.1, -0.05) is 0 Å². The molecule has 1 aromatic rings. The van der Waals surface area contributed by atoms with Gasteiger partial charge in [0.05, 0.1) is 38.2 Å². The third-order valence-electron chi connectivity index (χ3n) is 4.92. The van der Waals surface area contributed by atoms with Gasteiger partial charge < -0.3 is 14.4 Å². The second-order valence-electron chi connectivity index (χ2n) is 6.20. The SMILES string of the molecule is FC(F)(F)c1cnnc(N2CC34COCC3(COC4)C2)c1. The molecule has 0 bridgehead atoms. The fourth-order valence-electron chi connectivity index (χ4n) is 3.71. The summed E-state index contributed by atoms with van der Waals surface area (Å²) in [6, 6.07) is 1.07. The molecule has 8 heteroatoms. The smallest absolute Gasteiger partial charge is 0.380 e. The molecule has 4 rings (SSSR count). The van der Waals surface area contributed by atoms with Crippen LogP contribution < -0.4 is 4.90 Å². The lowest BCUT2D eigenvalue weighted by Gasteiger charge is -2.25. The predicted octanol–water partition coefficient (Wildman–Crippen LogP) is 1.35. The summed E-state index contributed by atoms with van der Waals surface area (Å²) < 4.78 is 49.6. The molecular weight excluding hydrogens is 287 g/mol. The van der Waals surface area contributed by atoms with Crippen LogP contribution in [0.2, 0.25) is 0 Å². The first-order valence-electron chi connectivity index (χ1n) is 6.75. The molecule has 0 N–H and O–H groups in total. The van der Waals surface area contributed by atoms with Gasteiger partial charge in [-0.3, -0.25) is 0 Å². The highest BCUT2D eigenvalue weighted by Crippen LogP contribution is 2.55. The van der Waals surface area contributed by atoms with Gasteiger partial charge in [0.25, 0.3) is 0 Å². The van der Waals surface area contributed by atoms with Gasteiger partial charge in [0.2, 0.25) is 0 Å². The molecule has 21 heavy (non-hydrogen) atoms. The molecule has 0 atom stereocenters. The zero-order valence-electron chi connectivity index (χ0n) is 11.2. The first-order chi connectivity index (χ1) is 9.94. The van der Waals surface area contributed by atoms with E-state index >= 15 is 0 Å². The third kappa shape index (κ3) is 1.78. The van der Waals surface area contributed by atoms with Crippen molar-refractivity contribution in [2.75, 3.05) is 44.4 Å². The fraction of sp³-hybridized carbons (Fsp3) is 0.692. The van der Waals surface area contributed by atoms with E-state index in [4.69, 9.17) is 9.47 Å². The summed E-state index contributed by atoms with van der Waals surface area (Å²) in [6.07, 6.45) is -3.65. The van der Waals surface area contributed by atoms with Crippen molar-refractivity contribution in [3.63, 3.8) is 0 Å². The van der Waals surface area contributed by atoms with Crippen molar-refractivity contribution in [1.29, 1.82) is 0 Å². The standard InChI is InChI=1S/C13H14F3N3O2/c14-13(15,16)9-1-10(18-17-2-9)19-3-11-5-20-7-12(11,4-19)8-21-6-11/h1-2H,3-8H2. The number of ether oxygens (including phenoxy) is 2. The highest BCUT2D eigenvalue weighted by molar-refractivity contribution is 5.44. The summed E-state index contributed by atoms with van der Waals surface area (Å²) in [6.45, 7) is 3.57. The van der Waals surface area contributed by atoms with Gasteiger partial charge in [-0.05, 0) is 6.07 Å². The summed E-state index contributed by atoms with van der Waals surface area (Å²) >= 11 is 0. The van der Waals surface area contributed by atoms with E-state index in [1.807, 2.05) is 4.90 Å². The third-order valence-corrected chi connectivity index (χ3v) is 4.92. The maximum atomic E-state index is 12.8. The molecule has 0 unspecified atom stereocenters. The van der Waals surface area contributed by atoms with Gasteiger partial charge in [0.15, 0.2) is 5.82 Å². The highest BCUT2D eigenvalue weighted by atomic mass is 19.4. The molecule has 0 amide bonds. The van der Waals surface area contributed by atoms with Crippen LogP contribution in [0.15, 0.2) is 12.3 Å². The van der Waals surface area contributed by atoms with Crippen molar-refractivity contribution in [2.45, 2.75) is 6.18 Å². The van der Waals surface area contributed by atoms with Crippen LogP contribution in [0, 0.1) is 10.8 Å². The Bertz CT molecular complexity index is 548. The molecule has 1 aromatic heterocycles. The van der Waals surface area contributed by atoms with Crippen LogP contribution in [-0.2, 0) is 15.7 Å². The van der Waals surface area contributed by atoms with Crippen molar-refractivity contribution in [1.82, 2.24) is 10.2 Å². The molecule has 3 saturated heterocycles. The van der Waals surface area contributed by atoms with E-state index in [2.05, 4.69) is 10.2 Å². The van der Waals surface area contributed by atoms with Crippen molar-refractivity contribution >= 4 is 5.82 Å². The summed E-state index contributed by atoms with van der Waals surface area (Å²) in [5, 5.41) is 7.38. The van der Waals surface area contributed by atoms with Gasteiger partial charge in [-0.15, -0.1) is 5.10 Å². The van der Waals surface area contributed by atoms with E-state index in [0.717, 1.165) is 12.3 Å². The zero-order chi connectivity index (χ0) is 14.7. The van der Waals surface area contributed by atoms with Crippen molar-refractivity contribution in [3.8, 4) is 0 Å². The van der Waals surface area contributed by atoms with E-state index < -0.39 is 11.7 Å². The first kappa shape index (κ1) is 13.3. The molecule has 0 radical (unpaired) electrons. The second kappa shape index (κ2) is 4.07. The molecule has 0 aromatic carbocycles. The Kier molecular flexibility index (Phi) is 2.57. The van der Waals surface area contributed by atoms with Gasteiger partial charge >= 0.3 is 6.18 Å². The number of rotatable bonds is 1. The molecule has 5 nitrogen and oxygen atoms in total. The van der Waals surface area contributed by atoms with Crippen molar-refractivity contribution in [2.24, 2.45) is 10.8 Å². The van der Waals surface area contributed by atoms with E-state index in [9.17, 15) is 13.2 Å². The maximum Gasteiger partial charge on any atom is 0.418 e. The highest BCUT2D eigenvalue weighted by Gasteiger charge is 2.65. The van der Waals surface area contributed by atoms with E-state index in [1.165, 1.54) is 0 Å². The van der Waals surface area contributed by atoms with Gasteiger partial charge in [-0.25, -0.2) is 0 Å². The lowest BCUT2D eigenvalue weighted by atomic mass is 9.71. The van der Waals surface area contributed by atoms with Crippen molar-refractivity contribution < 1.29 is 22.6 Å². The molecule has 3 aliphatic rings. The predicted molar refractivity (Wildman–Crippen MR) is 65.8 cm³/mol. The van der Waals surface area contributed by atoms with E-state index in [-0.39, 0.29) is 16.6 Å². The average molecular weight is 301 g/mol. The molecular formula is C13H14F3N3O2. The van der Waals surface area contributed by atoms with Gasteiger partial charge in [0.1, 0.15) is 0 Å². The average Bonchev–Trinajstić information content (AvgIpc) is 2.98. The fourth-order valence-corrected chi connectivity index (χ4v) is 3.71. The Labute approximate surface area is 119 Å². The van der Waals surface area contributed by atoms with Crippen molar-refractivity contribution in [3.05, 3.63) is 17.8 Å². The number of alkyl halides is 3. The summed E-state index contributed by atoms with van der Waals surface area (Å²) in [5.41, 5.74) is -1.01. The lowest BCUT2D eigenvalue weighted by Crippen LogP contribution is -2.38. The number of aromatic nitrogens is 2. The van der Waals surface area contributed by atoms with E-state index in [1.54, 1.807) is 0 Å². The summed E-state index contributed by atoms with van der Waals surface area (Å²) in [7, 11) is 0. The normalized spacial score (nSPS) is 35.1. The zero-order valence-corrected chi connectivity index (χ0v) is 11.2. The minimum Gasteiger partial charge on any atom is -0.380 e. The lowest BCUT2D eigenvalue weighted by molar-refractivity contribution is -0.137. The maximum absolute atomic E-state index is 12.8. The Morgan fingerprint density at radius 3 is 2.14 bits per heavy atom. The van der Waals surface area contributed by atoms with Gasteiger partial charge in [-0.2, -0.15) is 18.3 Å². The van der Waals surface area contributed by atoms with Crippen LogP contribution in [0.5, 0.6) is 0 Å². The van der Waals surface area contributed by atoms with Crippen LogP contribution in [-0.4, -0.2) is 49.7 Å². The molecule has 0 spiro atoms.